The summed E-state index contributed by atoms with van der Waals surface area (Å²) in [7, 11) is 0. The number of hydrogen-bond acceptors (Lipinski definition) is 0. The molecular weight excluding hydrogens is 272 g/mol. The van der Waals surface area contributed by atoms with Crippen molar-refractivity contribution >= 4 is 0 Å². The molecule has 0 amide bonds. The monoisotopic (exact) mass is 298 g/mol. The third kappa shape index (κ3) is 4.09. The first-order valence-electron chi connectivity index (χ1n) is 6.65. The molecule has 2 rings (SSSR count). The molecule has 19 heavy (non-hydrogen) atoms. The van der Waals surface area contributed by atoms with Gasteiger partial charge in [0.15, 0.2) is 0 Å². The van der Waals surface area contributed by atoms with Crippen LogP contribution in [0.3, 0.4) is 0 Å². The molecule has 0 aromatic heterocycles. The summed E-state index contributed by atoms with van der Waals surface area (Å²) < 4.78 is 0. The van der Waals surface area contributed by atoms with E-state index in [2.05, 4.69) is 67.5 Å². The fraction of sp³-hybridized carbons (Fsp3) is 0.444. The summed E-state index contributed by atoms with van der Waals surface area (Å²) in [6, 6.07) is 4.48. The fourth-order valence-electron chi connectivity index (χ4n) is 2.27. The molecule has 0 atom stereocenters. The normalized spacial score (nSPS) is 9.68. The van der Waals surface area contributed by atoms with Crippen molar-refractivity contribution in [1.82, 2.24) is 0 Å². The molecule has 0 radical (unpaired) electrons. The van der Waals surface area contributed by atoms with Gasteiger partial charge in [0.25, 0.3) is 0 Å². The van der Waals surface area contributed by atoms with Crippen molar-refractivity contribution in [1.29, 1.82) is 0 Å². The molecular formula is C18H26Fe-2. The summed E-state index contributed by atoms with van der Waals surface area (Å²) in [5, 5.41) is 0. The molecule has 0 fully saturated rings. The van der Waals surface area contributed by atoms with Gasteiger partial charge in [0.2, 0.25) is 0 Å². The van der Waals surface area contributed by atoms with Gasteiger partial charge in [0.1, 0.15) is 0 Å². The van der Waals surface area contributed by atoms with Crippen LogP contribution in [0.5, 0.6) is 0 Å². The standard InChI is InChI=1S/2C9H13.Fe/c2*1-6-5-7(2)9(4)8(6)3;/h2*5H,1-4H3;/q2*-1;. The zero-order valence-electron chi connectivity index (χ0n) is 13.5. The van der Waals surface area contributed by atoms with Gasteiger partial charge < -0.3 is 0 Å². The van der Waals surface area contributed by atoms with Crippen molar-refractivity contribution in [2.45, 2.75) is 55.4 Å². The third-order valence-corrected chi connectivity index (χ3v) is 4.36. The average Bonchev–Trinajstić information content (AvgIpc) is 2.66. The van der Waals surface area contributed by atoms with Crippen molar-refractivity contribution in [3.05, 3.63) is 56.6 Å². The number of hydrogen-bond donors (Lipinski definition) is 0. The first-order valence-corrected chi connectivity index (χ1v) is 6.65. The van der Waals surface area contributed by atoms with E-state index in [-0.39, 0.29) is 17.1 Å². The minimum absolute atomic E-state index is 0. The summed E-state index contributed by atoms with van der Waals surface area (Å²) in [6.45, 7) is 17.4. The summed E-state index contributed by atoms with van der Waals surface area (Å²) >= 11 is 0. The summed E-state index contributed by atoms with van der Waals surface area (Å²) in [6.07, 6.45) is 0. The van der Waals surface area contributed by atoms with Crippen molar-refractivity contribution in [3.63, 3.8) is 0 Å². The predicted octanol–water partition coefficient (Wildman–Crippen LogP) is 5.28. The smallest absolute Gasteiger partial charge is 0 e. The molecule has 108 valence electrons. The van der Waals surface area contributed by atoms with Gasteiger partial charge in [-0.2, -0.15) is 44.5 Å². The third-order valence-electron chi connectivity index (χ3n) is 4.36. The number of rotatable bonds is 0. The van der Waals surface area contributed by atoms with Crippen molar-refractivity contribution in [3.8, 4) is 0 Å². The Morgan fingerprint density at radius 1 is 0.632 bits per heavy atom. The minimum Gasteiger partial charge on any atom is -0.207 e. The van der Waals surface area contributed by atoms with Crippen LogP contribution in [0.4, 0.5) is 0 Å². The van der Waals surface area contributed by atoms with E-state index in [0.717, 1.165) is 0 Å². The molecule has 2 aromatic rings. The topological polar surface area (TPSA) is 0 Å². The first kappa shape index (κ1) is 18.2. The summed E-state index contributed by atoms with van der Waals surface area (Å²) in [5.74, 6) is 0. The molecule has 2 aromatic carbocycles. The van der Waals surface area contributed by atoms with Crippen LogP contribution in [0, 0.1) is 55.4 Å². The van der Waals surface area contributed by atoms with Crippen LogP contribution < -0.4 is 0 Å². The zero-order valence-corrected chi connectivity index (χ0v) is 14.6. The first-order chi connectivity index (χ1) is 8.25. The zero-order chi connectivity index (χ0) is 14.0. The van der Waals surface area contributed by atoms with Gasteiger partial charge >= 0.3 is 0 Å². The molecule has 0 nitrogen and oxygen atoms in total. The Hall–Kier alpha value is -0.781. The Balaban J connectivity index is 0.000000324. The van der Waals surface area contributed by atoms with Gasteiger partial charge in [-0.05, 0) is 0 Å². The van der Waals surface area contributed by atoms with Crippen LogP contribution in [0.15, 0.2) is 12.1 Å². The van der Waals surface area contributed by atoms with E-state index in [0.29, 0.717) is 0 Å². The van der Waals surface area contributed by atoms with E-state index in [1.165, 1.54) is 44.5 Å². The molecule has 0 heterocycles. The molecule has 0 N–H and O–H groups in total. The van der Waals surface area contributed by atoms with Crippen molar-refractivity contribution in [2.75, 3.05) is 0 Å². The van der Waals surface area contributed by atoms with E-state index >= 15 is 0 Å². The van der Waals surface area contributed by atoms with Crippen molar-refractivity contribution in [2.24, 2.45) is 0 Å². The molecule has 0 spiro atoms. The van der Waals surface area contributed by atoms with E-state index in [4.69, 9.17) is 0 Å². The maximum absolute atomic E-state index is 2.24. The van der Waals surface area contributed by atoms with Crippen LogP contribution >= 0.6 is 0 Å². The second-order valence-corrected chi connectivity index (χ2v) is 5.52. The van der Waals surface area contributed by atoms with Gasteiger partial charge in [-0.15, -0.1) is 0 Å². The molecule has 0 bridgehead atoms. The minimum atomic E-state index is 0. The SMILES string of the molecule is Cc1cc(C)[c-](C)c1C.Cc1cc(C)[c-](C)c1C.[Fe]. The van der Waals surface area contributed by atoms with Crippen LogP contribution in [0.2, 0.25) is 0 Å². The molecule has 0 aliphatic carbocycles. The van der Waals surface area contributed by atoms with E-state index in [9.17, 15) is 0 Å². The number of aryl methyl sites for hydroxylation is 4. The van der Waals surface area contributed by atoms with Crippen LogP contribution in [0.25, 0.3) is 0 Å². The van der Waals surface area contributed by atoms with Gasteiger partial charge in [-0.25, -0.2) is 12.1 Å². The summed E-state index contributed by atoms with van der Waals surface area (Å²) in [5.41, 5.74) is 11.5. The van der Waals surface area contributed by atoms with E-state index < -0.39 is 0 Å². The largest absolute Gasteiger partial charge is 0.207 e. The predicted molar refractivity (Wildman–Crippen MR) is 82.0 cm³/mol. The summed E-state index contributed by atoms with van der Waals surface area (Å²) in [4.78, 5) is 0. The van der Waals surface area contributed by atoms with Crippen molar-refractivity contribution < 1.29 is 17.1 Å². The molecule has 0 saturated carbocycles. The Kier molecular flexibility index (Phi) is 6.83. The Morgan fingerprint density at radius 3 is 0.947 bits per heavy atom. The molecule has 0 saturated heterocycles. The molecule has 0 aliphatic rings. The maximum Gasteiger partial charge on any atom is 0 e. The average molecular weight is 298 g/mol. The fourth-order valence-corrected chi connectivity index (χ4v) is 2.27. The van der Waals surface area contributed by atoms with E-state index in [1.54, 1.807) is 0 Å². The van der Waals surface area contributed by atoms with E-state index in [1.807, 2.05) is 0 Å². The maximum atomic E-state index is 2.24. The quantitative estimate of drug-likeness (QED) is 0.459. The van der Waals surface area contributed by atoms with Crippen LogP contribution in [-0.4, -0.2) is 0 Å². The molecule has 1 heteroatoms. The van der Waals surface area contributed by atoms with Crippen LogP contribution in [-0.2, 0) is 17.1 Å². The Labute approximate surface area is 129 Å². The van der Waals surface area contributed by atoms with Gasteiger partial charge in [0, 0.05) is 17.1 Å². The van der Waals surface area contributed by atoms with Gasteiger partial charge in [-0.3, -0.25) is 0 Å². The van der Waals surface area contributed by atoms with Gasteiger partial charge in [-0.1, -0.05) is 55.4 Å². The van der Waals surface area contributed by atoms with Crippen LogP contribution in [0.1, 0.15) is 44.5 Å². The second-order valence-electron chi connectivity index (χ2n) is 5.52. The molecule has 0 unspecified atom stereocenters. The second kappa shape index (κ2) is 7.12. The Morgan fingerprint density at radius 2 is 0.895 bits per heavy atom. The van der Waals surface area contributed by atoms with Gasteiger partial charge in [0.05, 0.1) is 0 Å². The molecule has 0 aliphatic heterocycles. The Bertz CT molecular complexity index is 443.